The maximum atomic E-state index is 5.82. The Morgan fingerprint density at radius 3 is 2.23 bits per heavy atom. The van der Waals surface area contributed by atoms with E-state index in [0.717, 1.165) is 31.6 Å². The number of aromatic nitrogens is 1. The van der Waals surface area contributed by atoms with Gasteiger partial charge in [-0.3, -0.25) is 4.98 Å². The van der Waals surface area contributed by atoms with Crippen molar-refractivity contribution in [3.05, 3.63) is 60.9 Å². The first-order valence-electron chi connectivity index (χ1n) is 8.85. The van der Waals surface area contributed by atoms with Gasteiger partial charge in [0.25, 0.3) is 0 Å². The zero-order valence-electron chi connectivity index (χ0n) is 14.5. The summed E-state index contributed by atoms with van der Waals surface area (Å²) in [5.41, 5.74) is 2.41. The van der Waals surface area contributed by atoms with Crippen molar-refractivity contribution >= 4 is 11.3 Å². The summed E-state index contributed by atoms with van der Waals surface area (Å²) < 4.78 is 16.3. The molecule has 1 aliphatic heterocycles. The Kier molecular flexibility index (Phi) is 5.59. The van der Waals surface area contributed by atoms with Gasteiger partial charge in [-0.1, -0.05) is 0 Å². The fraction of sp³-hybridized carbons (Fsp3) is 0.286. The lowest BCUT2D eigenvalue weighted by Gasteiger charge is -2.26. The molecule has 4 nitrogen and oxygen atoms in total. The molecule has 0 N–H and O–H groups in total. The highest BCUT2D eigenvalue weighted by atomic mass is 32.1. The molecule has 1 fully saturated rings. The molecule has 1 saturated heterocycles. The van der Waals surface area contributed by atoms with E-state index in [1.54, 1.807) is 11.3 Å². The van der Waals surface area contributed by atoms with Gasteiger partial charge in [0.15, 0.2) is 13.1 Å². The van der Waals surface area contributed by atoms with E-state index in [1.165, 1.54) is 20.9 Å². The van der Waals surface area contributed by atoms with Crippen LogP contribution in [0.15, 0.2) is 60.9 Å². The third kappa shape index (κ3) is 4.30. The molecule has 0 aliphatic carbocycles. The van der Waals surface area contributed by atoms with Gasteiger partial charge in [-0.05, 0) is 78.9 Å². The fourth-order valence-corrected chi connectivity index (χ4v) is 3.83. The van der Waals surface area contributed by atoms with E-state index >= 15 is 0 Å². The summed E-state index contributed by atoms with van der Waals surface area (Å²) in [5, 5.41) is 0. The number of nitrogens with zero attached hydrogens (tertiary/aromatic N) is 1. The standard InChI is InChI=1S/C21H21NO3S/c1(3-21-24-15-25-21)2-14-23-18-6-4-16(5-7-18)19-8-9-20(26-19)17-10-12-22-13-11-17/h4-13,21H,1-3,14-15H2. The molecule has 1 aliphatic rings. The Hall–Kier alpha value is -2.21. The van der Waals surface area contributed by atoms with Crippen LogP contribution in [-0.2, 0) is 9.47 Å². The van der Waals surface area contributed by atoms with Gasteiger partial charge in [-0.2, -0.15) is 0 Å². The number of rotatable bonds is 8. The number of hydrogen-bond acceptors (Lipinski definition) is 5. The Labute approximate surface area is 157 Å². The smallest absolute Gasteiger partial charge is 0.163 e. The number of pyridine rings is 1. The van der Waals surface area contributed by atoms with Crippen LogP contribution in [0.3, 0.4) is 0 Å². The Morgan fingerprint density at radius 2 is 1.58 bits per heavy atom. The maximum absolute atomic E-state index is 5.82. The molecule has 3 heterocycles. The van der Waals surface area contributed by atoms with Crippen LogP contribution in [-0.4, -0.2) is 24.7 Å². The second-order valence-electron chi connectivity index (χ2n) is 6.15. The molecule has 4 rings (SSSR count). The molecule has 5 heteroatoms. The normalized spacial score (nSPS) is 14.2. The van der Waals surface area contributed by atoms with Gasteiger partial charge in [-0.15, -0.1) is 11.3 Å². The second kappa shape index (κ2) is 8.45. The quantitative estimate of drug-likeness (QED) is 0.503. The zero-order valence-corrected chi connectivity index (χ0v) is 15.3. The lowest BCUT2D eigenvalue weighted by molar-refractivity contribution is -0.322. The summed E-state index contributed by atoms with van der Waals surface area (Å²) in [6.07, 6.45) is 6.67. The topological polar surface area (TPSA) is 40.6 Å². The van der Waals surface area contributed by atoms with Crippen molar-refractivity contribution in [2.24, 2.45) is 0 Å². The molecule has 0 unspecified atom stereocenters. The van der Waals surface area contributed by atoms with Crippen LogP contribution in [0.25, 0.3) is 20.9 Å². The van der Waals surface area contributed by atoms with E-state index in [4.69, 9.17) is 14.2 Å². The zero-order chi connectivity index (χ0) is 17.6. The SMILES string of the molecule is c1cc(-c2ccc(-c3ccc(OCCCCC4OCO4)cc3)s2)ccn1. The number of thiophene rings is 1. The Morgan fingerprint density at radius 1 is 0.885 bits per heavy atom. The first-order valence-corrected chi connectivity index (χ1v) is 9.67. The second-order valence-corrected chi connectivity index (χ2v) is 7.23. The van der Waals surface area contributed by atoms with Crippen LogP contribution >= 0.6 is 11.3 Å². The molecule has 0 bridgehead atoms. The first kappa shape index (κ1) is 17.2. The van der Waals surface area contributed by atoms with E-state index in [-0.39, 0.29) is 6.29 Å². The molecule has 26 heavy (non-hydrogen) atoms. The van der Waals surface area contributed by atoms with Crippen LogP contribution in [0.4, 0.5) is 0 Å². The molecule has 0 amide bonds. The molecular formula is C21H21NO3S. The van der Waals surface area contributed by atoms with E-state index in [1.807, 2.05) is 36.7 Å². The van der Waals surface area contributed by atoms with Crippen molar-refractivity contribution in [2.75, 3.05) is 13.4 Å². The van der Waals surface area contributed by atoms with Gasteiger partial charge in [-0.25, -0.2) is 0 Å². The van der Waals surface area contributed by atoms with Gasteiger partial charge in [0.05, 0.1) is 6.61 Å². The summed E-state index contributed by atoms with van der Waals surface area (Å²) in [4.78, 5) is 6.58. The minimum absolute atomic E-state index is 0.0112. The van der Waals surface area contributed by atoms with Crippen LogP contribution in [0.5, 0.6) is 5.75 Å². The lowest BCUT2D eigenvalue weighted by atomic mass is 10.2. The van der Waals surface area contributed by atoms with Crippen molar-refractivity contribution in [1.82, 2.24) is 4.98 Å². The highest BCUT2D eigenvalue weighted by molar-refractivity contribution is 7.18. The van der Waals surface area contributed by atoms with Gasteiger partial charge < -0.3 is 14.2 Å². The molecule has 2 aromatic heterocycles. The molecule has 0 radical (unpaired) electrons. The molecule has 1 aromatic carbocycles. The summed E-state index contributed by atoms with van der Waals surface area (Å²) in [7, 11) is 0. The molecule has 0 saturated carbocycles. The maximum Gasteiger partial charge on any atom is 0.163 e. The predicted molar refractivity (Wildman–Crippen MR) is 103 cm³/mol. The van der Waals surface area contributed by atoms with Crippen molar-refractivity contribution in [3.63, 3.8) is 0 Å². The summed E-state index contributed by atoms with van der Waals surface area (Å²) in [6.45, 7) is 1.17. The van der Waals surface area contributed by atoms with E-state index in [0.29, 0.717) is 6.79 Å². The Balaban J connectivity index is 1.29. The van der Waals surface area contributed by atoms with E-state index in [9.17, 15) is 0 Å². The van der Waals surface area contributed by atoms with Crippen molar-refractivity contribution < 1.29 is 14.2 Å². The number of benzene rings is 1. The Bertz CT molecular complexity index is 813. The van der Waals surface area contributed by atoms with Gasteiger partial charge in [0.2, 0.25) is 0 Å². The predicted octanol–water partition coefficient (Wildman–Crippen LogP) is 5.36. The van der Waals surface area contributed by atoms with E-state index in [2.05, 4.69) is 29.2 Å². The average molecular weight is 367 g/mol. The highest BCUT2D eigenvalue weighted by Crippen LogP contribution is 2.34. The third-order valence-corrected chi connectivity index (χ3v) is 5.50. The van der Waals surface area contributed by atoms with Gasteiger partial charge in [0, 0.05) is 22.1 Å². The minimum Gasteiger partial charge on any atom is -0.494 e. The van der Waals surface area contributed by atoms with Gasteiger partial charge in [0.1, 0.15) is 5.75 Å². The molecule has 134 valence electrons. The summed E-state index contributed by atoms with van der Waals surface area (Å²) in [5.74, 6) is 0.913. The third-order valence-electron chi connectivity index (χ3n) is 4.32. The number of hydrogen-bond donors (Lipinski definition) is 0. The summed E-state index contributed by atoms with van der Waals surface area (Å²) >= 11 is 1.79. The highest BCUT2D eigenvalue weighted by Gasteiger charge is 2.17. The lowest BCUT2D eigenvalue weighted by Crippen LogP contribution is -2.30. The van der Waals surface area contributed by atoms with Crippen LogP contribution in [0, 0.1) is 0 Å². The largest absolute Gasteiger partial charge is 0.494 e. The first-order chi connectivity index (χ1) is 12.9. The molecular weight excluding hydrogens is 346 g/mol. The van der Waals surface area contributed by atoms with Crippen LogP contribution < -0.4 is 4.74 Å². The fourth-order valence-electron chi connectivity index (χ4n) is 2.81. The van der Waals surface area contributed by atoms with Gasteiger partial charge >= 0.3 is 0 Å². The molecule has 0 atom stereocenters. The summed E-state index contributed by atoms with van der Waals surface area (Å²) in [6, 6.07) is 16.7. The van der Waals surface area contributed by atoms with Crippen LogP contribution in [0.1, 0.15) is 19.3 Å². The van der Waals surface area contributed by atoms with Crippen molar-refractivity contribution in [1.29, 1.82) is 0 Å². The monoisotopic (exact) mass is 367 g/mol. The van der Waals surface area contributed by atoms with Crippen LogP contribution in [0.2, 0.25) is 0 Å². The number of ether oxygens (including phenoxy) is 3. The molecule has 0 spiro atoms. The van der Waals surface area contributed by atoms with E-state index < -0.39 is 0 Å². The number of unbranched alkanes of at least 4 members (excludes halogenated alkanes) is 1. The van der Waals surface area contributed by atoms with Crippen molar-refractivity contribution in [3.8, 4) is 26.6 Å². The minimum atomic E-state index is 0.0112. The average Bonchev–Trinajstić information content (AvgIpc) is 3.14. The van der Waals surface area contributed by atoms with Crippen molar-refractivity contribution in [2.45, 2.75) is 25.6 Å². The molecule has 3 aromatic rings.